The van der Waals surface area contributed by atoms with E-state index in [1.54, 1.807) is 18.3 Å². The number of hydrogen-bond donors (Lipinski definition) is 1. The van der Waals surface area contributed by atoms with Gasteiger partial charge in [0.05, 0.1) is 5.02 Å². The molecular weight excluding hydrogens is 276 g/mol. The number of hydrogen-bond acceptors (Lipinski definition) is 5. The van der Waals surface area contributed by atoms with Crippen LogP contribution >= 0.6 is 11.6 Å². The van der Waals surface area contributed by atoms with Crippen molar-refractivity contribution in [3.8, 4) is 11.5 Å². The Morgan fingerprint density at radius 1 is 1.25 bits per heavy atom. The maximum absolute atomic E-state index is 5.82. The summed E-state index contributed by atoms with van der Waals surface area (Å²) in [6.45, 7) is 0. The average molecular weight is 293 g/mol. The lowest BCUT2D eigenvalue weighted by Gasteiger charge is -2.25. The second kappa shape index (κ2) is 5.89. The molecule has 0 aliphatic heterocycles. The lowest BCUT2D eigenvalue weighted by atomic mass is 9.86. The molecule has 1 aliphatic carbocycles. The third kappa shape index (κ3) is 2.83. The van der Waals surface area contributed by atoms with Crippen LogP contribution in [0.3, 0.4) is 0 Å². The molecule has 0 amide bonds. The van der Waals surface area contributed by atoms with Gasteiger partial charge in [-0.05, 0) is 44.9 Å². The van der Waals surface area contributed by atoms with E-state index in [2.05, 4.69) is 20.4 Å². The molecule has 0 spiro atoms. The lowest BCUT2D eigenvalue weighted by Crippen LogP contribution is -2.29. The molecule has 1 N–H and O–H groups in total. The summed E-state index contributed by atoms with van der Waals surface area (Å²) >= 11 is 5.82. The molecule has 1 fully saturated rings. The van der Waals surface area contributed by atoms with Gasteiger partial charge in [-0.3, -0.25) is 4.98 Å². The zero-order valence-electron chi connectivity index (χ0n) is 11.3. The quantitative estimate of drug-likeness (QED) is 0.942. The third-order valence-electron chi connectivity index (χ3n) is 3.88. The van der Waals surface area contributed by atoms with E-state index in [0.717, 1.165) is 31.6 Å². The van der Waals surface area contributed by atoms with E-state index < -0.39 is 0 Å². The predicted molar refractivity (Wildman–Crippen MR) is 76.6 cm³/mol. The van der Waals surface area contributed by atoms with Gasteiger partial charge in [0, 0.05) is 18.2 Å². The molecule has 2 heterocycles. The fraction of sp³-hybridized carbons (Fsp3) is 0.500. The van der Waals surface area contributed by atoms with Gasteiger partial charge in [-0.1, -0.05) is 16.8 Å². The van der Waals surface area contributed by atoms with Gasteiger partial charge in [-0.2, -0.15) is 4.98 Å². The SMILES string of the molecule is CNC1CCC(c2nc(-c3ccc(Cl)cn3)no2)CC1. The zero-order valence-corrected chi connectivity index (χ0v) is 12.1. The van der Waals surface area contributed by atoms with Crippen LogP contribution in [0.4, 0.5) is 0 Å². The maximum Gasteiger partial charge on any atom is 0.230 e. The molecule has 1 saturated carbocycles. The number of halogens is 1. The van der Waals surface area contributed by atoms with E-state index in [0.29, 0.717) is 28.5 Å². The molecule has 5 nitrogen and oxygen atoms in total. The first-order valence-electron chi connectivity index (χ1n) is 6.89. The molecule has 0 bridgehead atoms. The Labute approximate surface area is 122 Å². The summed E-state index contributed by atoms with van der Waals surface area (Å²) < 4.78 is 5.40. The number of nitrogens with zero attached hydrogens (tertiary/aromatic N) is 3. The molecule has 0 aromatic carbocycles. The van der Waals surface area contributed by atoms with Gasteiger partial charge in [0.2, 0.25) is 11.7 Å². The van der Waals surface area contributed by atoms with Gasteiger partial charge in [-0.15, -0.1) is 0 Å². The van der Waals surface area contributed by atoms with E-state index in [4.69, 9.17) is 16.1 Å². The van der Waals surface area contributed by atoms with Crippen LogP contribution in [0.5, 0.6) is 0 Å². The van der Waals surface area contributed by atoms with E-state index in [1.807, 2.05) is 7.05 Å². The summed E-state index contributed by atoms with van der Waals surface area (Å²) in [6.07, 6.45) is 6.06. The highest BCUT2D eigenvalue weighted by atomic mass is 35.5. The summed E-state index contributed by atoms with van der Waals surface area (Å²) in [5.41, 5.74) is 0.688. The van der Waals surface area contributed by atoms with Gasteiger partial charge in [0.25, 0.3) is 0 Å². The average Bonchev–Trinajstić information content (AvgIpc) is 2.98. The molecule has 20 heavy (non-hydrogen) atoms. The third-order valence-corrected chi connectivity index (χ3v) is 4.11. The highest BCUT2D eigenvalue weighted by Gasteiger charge is 2.26. The second-order valence-corrected chi connectivity index (χ2v) is 5.59. The normalized spacial score (nSPS) is 22.9. The minimum Gasteiger partial charge on any atom is -0.339 e. The van der Waals surface area contributed by atoms with Crippen molar-refractivity contribution in [2.24, 2.45) is 0 Å². The van der Waals surface area contributed by atoms with Gasteiger partial charge in [0.1, 0.15) is 5.69 Å². The van der Waals surface area contributed by atoms with Crippen LogP contribution in [0.2, 0.25) is 5.02 Å². The monoisotopic (exact) mass is 292 g/mol. The van der Waals surface area contributed by atoms with Crippen LogP contribution in [0.15, 0.2) is 22.9 Å². The van der Waals surface area contributed by atoms with Crippen molar-refractivity contribution in [2.45, 2.75) is 37.6 Å². The molecule has 3 rings (SSSR count). The van der Waals surface area contributed by atoms with Crippen molar-refractivity contribution in [3.05, 3.63) is 29.2 Å². The summed E-state index contributed by atoms with van der Waals surface area (Å²) in [4.78, 5) is 8.69. The lowest BCUT2D eigenvalue weighted by molar-refractivity contribution is 0.288. The summed E-state index contributed by atoms with van der Waals surface area (Å²) in [5, 5.41) is 7.95. The van der Waals surface area contributed by atoms with E-state index in [1.165, 1.54) is 0 Å². The molecule has 1 aliphatic rings. The van der Waals surface area contributed by atoms with Crippen LogP contribution < -0.4 is 5.32 Å². The van der Waals surface area contributed by atoms with Gasteiger partial charge in [-0.25, -0.2) is 0 Å². The van der Waals surface area contributed by atoms with Crippen LogP contribution in [0.1, 0.15) is 37.5 Å². The number of nitrogens with one attached hydrogen (secondary N) is 1. The van der Waals surface area contributed by atoms with Crippen molar-refractivity contribution in [2.75, 3.05) is 7.05 Å². The van der Waals surface area contributed by atoms with Crippen LogP contribution in [0.25, 0.3) is 11.5 Å². The Balaban J connectivity index is 1.72. The number of aromatic nitrogens is 3. The molecule has 106 valence electrons. The van der Waals surface area contributed by atoms with Crippen LogP contribution in [-0.2, 0) is 0 Å². The van der Waals surface area contributed by atoms with Gasteiger partial charge >= 0.3 is 0 Å². The van der Waals surface area contributed by atoms with E-state index in [9.17, 15) is 0 Å². The smallest absolute Gasteiger partial charge is 0.230 e. The Bertz CT molecular complexity index is 561. The van der Waals surface area contributed by atoms with Gasteiger partial charge in [0.15, 0.2) is 0 Å². The molecule has 0 atom stereocenters. The highest BCUT2D eigenvalue weighted by Crippen LogP contribution is 2.32. The molecule has 2 aromatic rings. The van der Waals surface area contributed by atoms with E-state index >= 15 is 0 Å². The summed E-state index contributed by atoms with van der Waals surface area (Å²) in [6, 6.07) is 4.19. The van der Waals surface area contributed by atoms with Crippen molar-refractivity contribution in [1.82, 2.24) is 20.4 Å². The topological polar surface area (TPSA) is 63.8 Å². The number of rotatable bonds is 3. The first-order valence-corrected chi connectivity index (χ1v) is 7.27. The zero-order chi connectivity index (χ0) is 13.9. The molecule has 6 heteroatoms. The predicted octanol–water partition coefficient (Wildman–Crippen LogP) is 3.03. The van der Waals surface area contributed by atoms with Crippen molar-refractivity contribution in [3.63, 3.8) is 0 Å². The largest absolute Gasteiger partial charge is 0.339 e. The fourth-order valence-corrected chi connectivity index (χ4v) is 2.75. The minimum absolute atomic E-state index is 0.369. The second-order valence-electron chi connectivity index (χ2n) is 5.16. The molecule has 0 unspecified atom stereocenters. The Morgan fingerprint density at radius 2 is 2.05 bits per heavy atom. The van der Waals surface area contributed by atoms with E-state index in [-0.39, 0.29) is 0 Å². The molecular formula is C14H17ClN4O. The van der Waals surface area contributed by atoms with Crippen molar-refractivity contribution in [1.29, 1.82) is 0 Å². The molecule has 0 saturated heterocycles. The molecule has 0 radical (unpaired) electrons. The van der Waals surface area contributed by atoms with Crippen LogP contribution in [-0.4, -0.2) is 28.2 Å². The Morgan fingerprint density at radius 3 is 2.70 bits per heavy atom. The maximum atomic E-state index is 5.82. The highest BCUT2D eigenvalue weighted by molar-refractivity contribution is 6.30. The first-order chi connectivity index (χ1) is 9.76. The van der Waals surface area contributed by atoms with Gasteiger partial charge < -0.3 is 9.84 Å². The molecule has 2 aromatic heterocycles. The Hall–Kier alpha value is -1.46. The summed E-state index contributed by atoms with van der Waals surface area (Å²) in [5.74, 6) is 1.63. The number of pyridine rings is 1. The standard InChI is InChI=1S/C14H17ClN4O/c1-16-11-5-2-9(3-6-11)14-18-13(19-20-14)12-7-4-10(15)8-17-12/h4,7-9,11,16H,2-3,5-6H2,1H3. The van der Waals surface area contributed by atoms with Crippen molar-refractivity contribution < 1.29 is 4.52 Å². The Kier molecular flexibility index (Phi) is 3.98. The summed E-state index contributed by atoms with van der Waals surface area (Å²) in [7, 11) is 2.02. The van der Waals surface area contributed by atoms with Crippen molar-refractivity contribution >= 4 is 11.6 Å². The fourth-order valence-electron chi connectivity index (χ4n) is 2.64. The minimum atomic E-state index is 0.369. The van der Waals surface area contributed by atoms with Crippen LogP contribution in [0, 0.1) is 0 Å². The first kappa shape index (κ1) is 13.5.